The number of aryl methyl sites for hydroxylation is 1. The quantitative estimate of drug-likeness (QED) is 0.672. The Bertz CT molecular complexity index is 914. The van der Waals surface area contributed by atoms with E-state index in [0.29, 0.717) is 6.42 Å². The molecule has 3 aromatic rings. The summed E-state index contributed by atoms with van der Waals surface area (Å²) in [5, 5.41) is 5.06. The average Bonchev–Trinajstić information content (AvgIpc) is 2.98. The third-order valence-corrected chi connectivity index (χ3v) is 5.49. The number of thiophene rings is 1. The predicted molar refractivity (Wildman–Crippen MR) is 96.0 cm³/mol. The monoisotopic (exact) mass is 337 g/mol. The summed E-state index contributed by atoms with van der Waals surface area (Å²) in [7, 11) is 0. The molecule has 1 unspecified atom stereocenters. The maximum atomic E-state index is 13.2. The van der Waals surface area contributed by atoms with Gasteiger partial charge in [-0.25, -0.2) is 4.39 Å². The molecule has 24 heavy (non-hydrogen) atoms. The lowest BCUT2D eigenvalue weighted by Crippen LogP contribution is -2.22. The SMILES string of the molecule is Cc1cccc(C2CC(=O)Nc3c(-c4ccc(F)cc4)csc32)c1. The number of carbonyl (C=O) groups excluding carboxylic acids is 1. The van der Waals surface area contributed by atoms with E-state index in [0.717, 1.165) is 16.8 Å². The van der Waals surface area contributed by atoms with Crippen LogP contribution in [0.3, 0.4) is 0 Å². The van der Waals surface area contributed by atoms with E-state index in [4.69, 9.17) is 0 Å². The van der Waals surface area contributed by atoms with Crippen molar-refractivity contribution in [3.05, 3.63) is 75.7 Å². The number of nitrogens with one attached hydrogen (secondary N) is 1. The Morgan fingerprint density at radius 3 is 2.71 bits per heavy atom. The van der Waals surface area contributed by atoms with Crippen LogP contribution in [-0.2, 0) is 4.79 Å². The lowest BCUT2D eigenvalue weighted by molar-refractivity contribution is -0.116. The Hall–Kier alpha value is -2.46. The van der Waals surface area contributed by atoms with E-state index in [2.05, 4.69) is 30.4 Å². The molecule has 2 nitrogen and oxygen atoms in total. The van der Waals surface area contributed by atoms with Gasteiger partial charge in [0.05, 0.1) is 5.69 Å². The number of rotatable bonds is 2. The van der Waals surface area contributed by atoms with Crippen LogP contribution in [0.4, 0.5) is 10.1 Å². The zero-order chi connectivity index (χ0) is 16.7. The number of anilines is 1. The van der Waals surface area contributed by atoms with Crippen molar-refractivity contribution in [3.63, 3.8) is 0 Å². The molecule has 0 fully saturated rings. The minimum atomic E-state index is -0.260. The van der Waals surface area contributed by atoms with Crippen LogP contribution in [0.25, 0.3) is 11.1 Å². The summed E-state index contributed by atoms with van der Waals surface area (Å²) in [6.07, 6.45) is 0.458. The molecule has 0 radical (unpaired) electrons. The van der Waals surface area contributed by atoms with Crippen molar-refractivity contribution in [1.29, 1.82) is 0 Å². The number of benzene rings is 2. The van der Waals surface area contributed by atoms with E-state index in [1.807, 2.05) is 11.4 Å². The molecule has 4 heteroatoms. The summed E-state index contributed by atoms with van der Waals surface area (Å²) in [4.78, 5) is 13.4. The van der Waals surface area contributed by atoms with Gasteiger partial charge < -0.3 is 5.32 Å². The minimum absolute atomic E-state index is 0.0239. The van der Waals surface area contributed by atoms with Crippen molar-refractivity contribution in [1.82, 2.24) is 0 Å². The van der Waals surface area contributed by atoms with Gasteiger partial charge in [0.1, 0.15) is 5.82 Å². The maximum Gasteiger partial charge on any atom is 0.225 e. The second-order valence-corrected chi connectivity index (χ2v) is 7.03. The topological polar surface area (TPSA) is 29.1 Å². The van der Waals surface area contributed by atoms with E-state index in [1.54, 1.807) is 23.5 Å². The molecule has 0 bridgehead atoms. The van der Waals surface area contributed by atoms with Gasteiger partial charge in [0.2, 0.25) is 5.91 Å². The molecule has 1 aliphatic heterocycles. The third kappa shape index (κ3) is 2.63. The van der Waals surface area contributed by atoms with Gasteiger partial charge in [-0.1, -0.05) is 42.0 Å². The first-order valence-electron chi connectivity index (χ1n) is 7.85. The normalized spacial score (nSPS) is 16.6. The van der Waals surface area contributed by atoms with E-state index in [9.17, 15) is 9.18 Å². The van der Waals surface area contributed by atoms with Gasteiger partial charge in [-0.15, -0.1) is 11.3 Å². The molecule has 4 rings (SSSR count). The largest absolute Gasteiger partial charge is 0.325 e. The molecular weight excluding hydrogens is 321 g/mol. The van der Waals surface area contributed by atoms with E-state index in [1.165, 1.54) is 28.1 Å². The lowest BCUT2D eigenvalue weighted by Gasteiger charge is -2.24. The van der Waals surface area contributed by atoms with Crippen LogP contribution >= 0.6 is 11.3 Å². The van der Waals surface area contributed by atoms with Gasteiger partial charge in [-0.05, 0) is 30.2 Å². The first-order chi connectivity index (χ1) is 11.6. The van der Waals surface area contributed by atoms with Gasteiger partial charge in [0.15, 0.2) is 0 Å². The van der Waals surface area contributed by atoms with Crippen molar-refractivity contribution in [3.8, 4) is 11.1 Å². The number of hydrogen-bond acceptors (Lipinski definition) is 2. The maximum absolute atomic E-state index is 13.2. The van der Waals surface area contributed by atoms with Gasteiger partial charge in [-0.2, -0.15) is 0 Å². The fourth-order valence-electron chi connectivity index (χ4n) is 3.22. The fraction of sp³-hybridized carbons (Fsp3) is 0.150. The highest BCUT2D eigenvalue weighted by atomic mass is 32.1. The third-order valence-electron chi connectivity index (χ3n) is 4.39. The van der Waals surface area contributed by atoms with Gasteiger partial charge in [0.25, 0.3) is 0 Å². The smallest absolute Gasteiger partial charge is 0.225 e. The molecule has 0 spiro atoms. The summed E-state index contributed by atoms with van der Waals surface area (Å²) in [6.45, 7) is 2.06. The molecule has 1 N–H and O–H groups in total. The first kappa shape index (κ1) is 15.1. The van der Waals surface area contributed by atoms with Gasteiger partial charge in [-0.3, -0.25) is 4.79 Å². The second kappa shape index (κ2) is 5.87. The molecule has 2 aromatic carbocycles. The fourth-order valence-corrected chi connectivity index (χ4v) is 4.39. The van der Waals surface area contributed by atoms with Crippen molar-refractivity contribution in [2.24, 2.45) is 0 Å². The summed E-state index contributed by atoms with van der Waals surface area (Å²) in [5.41, 5.74) is 5.10. The van der Waals surface area contributed by atoms with Crippen molar-refractivity contribution >= 4 is 22.9 Å². The standard InChI is InChI=1S/C20H16FNOS/c1-12-3-2-4-14(9-12)16-10-18(23)22-19-17(11-24-20(16)19)13-5-7-15(21)8-6-13/h2-9,11,16H,10H2,1H3,(H,22,23). The Labute approximate surface area is 144 Å². The summed E-state index contributed by atoms with van der Waals surface area (Å²) in [5.74, 6) is -0.159. The Morgan fingerprint density at radius 2 is 1.96 bits per heavy atom. The van der Waals surface area contributed by atoms with Crippen LogP contribution in [-0.4, -0.2) is 5.91 Å². The van der Waals surface area contributed by atoms with Gasteiger partial charge >= 0.3 is 0 Å². The highest BCUT2D eigenvalue weighted by Crippen LogP contribution is 2.46. The Morgan fingerprint density at radius 1 is 1.17 bits per heavy atom. The molecule has 1 aromatic heterocycles. The second-order valence-electron chi connectivity index (χ2n) is 6.11. The molecular formula is C20H16FNOS. The lowest BCUT2D eigenvalue weighted by atomic mass is 9.88. The predicted octanol–water partition coefficient (Wildman–Crippen LogP) is 5.34. The highest BCUT2D eigenvalue weighted by molar-refractivity contribution is 7.11. The van der Waals surface area contributed by atoms with Crippen molar-refractivity contribution < 1.29 is 9.18 Å². The summed E-state index contributed by atoms with van der Waals surface area (Å²) >= 11 is 1.65. The molecule has 0 saturated heterocycles. The Kier molecular flexibility index (Phi) is 3.69. The van der Waals surface area contributed by atoms with Crippen LogP contribution in [0.15, 0.2) is 53.9 Å². The van der Waals surface area contributed by atoms with Crippen LogP contribution in [0, 0.1) is 12.7 Å². The molecule has 1 amide bonds. The van der Waals surface area contributed by atoms with E-state index in [-0.39, 0.29) is 17.6 Å². The zero-order valence-corrected chi connectivity index (χ0v) is 14.0. The highest BCUT2D eigenvalue weighted by Gasteiger charge is 2.30. The van der Waals surface area contributed by atoms with Crippen LogP contribution in [0.2, 0.25) is 0 Å². The first-order valence-corrected chi connectivity index (χ1v) is 8.73. The molecule has 0 saturated carbocycles. The molecule has 0 aliphatic carbocycles. The van der Waals surface area contributed by atoms with Crippen molar-refractivity contribution in [2.75, 3.05) is 5.32 Å². The zero-order valence-electron chi connectivity index (χ0n) is 13.2. The molecule has 1 aliphatic rings. The van der Waals surface area contributed by atoms with Crippen LogP contribution in [0.1, 0.15) is 28.3 Å². The van der Waals surface area contributed by atoms with Gasteiger partial charge in [0, 0.05) is 28.2 Å². The average molecular weight is 337 g/mol. The number of hydrogen-bond donors (Lipinski definition) is 1. The minimum Gasteiger partial charge on any atom is -0.325 e. The summed E-state index contributed by atoms with van der Waals surface area (Å²) < 4.78 is 13.2. The number of amides is 1. The molecule has 2 heterocycles. The van der Waals surface area contributed by atoms with Crippen LogP contribution in [0.5, 0.6) is 0 Å². The number of fused-ring (bicyclic) bond motifs is 1. The van der Waals surface area contributed by atoms with Crippen molar-refractivity contribution in [2.45, 2.75) is 19.3 Å². The van der Waals surface area contributed by atoms with E-state index >= 15 is 0 Å². The molecule has 120 valence electrons. The number of carbonyl (C=O) groups is 1. The van der Waals surface area contributed by atoms with Crippen LogP contribution < -0.4 is 5.32 Å². The summed E-state index contributed by atoms with van der Waals surface area (Å²) in [6, 6.07) is 14.7. The number of halogens is 1. The molecule has 1 atom stereocenters. The van der Waals surface area contributed by atoms with E-state index < -0.39 is 0 Å². The Balaban J connectivity index is 1.81.